The molecule has 0 unspecified atom stereocenters. The number of fused-ring (bicyclic) bond motifs is 1. The van der Waals surface area contributed by atoms with E-state index in [4.69, 9.17) is 5.84 Å². The smallest absolute Gasteiger partial charge is 0.143 e. The van der Waals surface area contributed by atoms with Gasteiger partial charge >= 0.3 is 0 Å². The van der Waals surface area contributed by atoms with Gasteiger partial charge in [-0.2, -0.15) is 0 Å². The molecule has 0 spiro atoms. The Kier molecular flexibility index (Phi) is 4.15. The van der Waals surface area contributed by atoms with Crippen molar-refractivity contribution >= 4 is 16.7 Å². The quantitative estimate of drug-likeness (QED) is 0.625. The van der Waals surface area contributed by atoms with Crippen molar-refractivity contribution in [2.24, 2.45) is 5.84 Å². The van der Waals surface area contributed by atoms with Crippen LogP contribution in [0.25, 0.3) is 10.9 Å². The van der Waals surface area contributed by atoms with Crippen molar-refractivity contribution in [3.8, 4) is 0 Å². The van der Waals surface area contributed by atoms with Crippen LogP contribution in [0, 0.1) is 0 Å². The van der Waals surface area contributed by atoms with E-state index in [2.05, 4.69) is 48.5 Å². The largest absolute Gasteiger partial charge is 0.308 e. The van der Waals surface area contributed by atoms with E-state index in [0.717, 1.165) is 30.6 Å². The molecular weight excluding hydrogens is 222 g/mol. The number of nitrogens with two attached hydrogens (primary N) is 1. The van der Waals surface area contributed by atoms with Crippen molar-refractivity contribution in [2.45, 2.75) is 39.5 Å². The van der Waals surface area contributed by atoms with Crippen LogP contribution in [0.2, 0.25) is 0 Å². The van der Waals surface area contributed by atoms with E-state index in [1.54, 1.807) is 0 Å². The number of nitrogens with zero attached hydrogens (tertiary/aromatic N) is 1. The first-order valence-electron chi connectivity index (χ1n) is 6.67. The molecule has 0 atom stereocenters. The molecule has 2 rings (SSSR count). The fourth-order valence-electron chi connectivity index (χ4n) is 2.30. The Bertz CT molecular complexity index is 534. The Hall–Kier alpha value is -1.61. The Morgan fingerprint density at radius 1 is 1.11 bits per heavy atom. The van der Waals surface area contributed by atoms with Crippen LogP contribution in [0.15, 0.2) is 24.3 Å². The summed E-state index contributed by atoms with van der Waals surface area (Å²) in [4.78, 5) is 4.58. The molecule has 3 nitrogen and oxygen atoms in total. The maximum Gasteiger partial charge on any atom is 0.143 e. The fourth-order valence-corrected chi connectivity index (χ4v) is 2.30. The monoisotopic (exact) mass is 243 g/mol. The molecule has 0 aliphatic rings. The van der Waals surface area contributed by atoms with Crippen molar-refractivity contribution in [1.29, 1.82) is 0 Å². The summed E-state index contributed by atoms with van der Waals surface area (Å²) in [6.07, 6.45) is 4.39. The number of nitrogens with one attached hydrogen (secondary N) is 1. The van der Waals surface area contributed by atoms with Gasteiger partial charge in [0.05, 0.1) is 5.52 Å². The van der Waals surface area contributed by atoms with Crippen LogP contribution in [-0.2, 0) is 12.8 Å². The molecule has 0 aliphatic heterocycles. The molecule has 0 saturated heterocycles. The van der Waals surface area contributed by atoms with Crippen molar-refractivity contribution in [1.82, 2.24) is 4.98 Å². The number of anilines is 1. The van der Waals surface area contributed by atoms with Gasteiger partial charge < -0.3 is 5.43 Å². The standard InChI is InChI=1S/C15H21N3/c1-3-5-11-7-8-14-13(9-11)10-12(6-4-2)15(17-14)18-16/h7-10H,3-6,16H2,1-2H3,(H,17,18). The lowest BCUT2D eigenvalue weighted by Crippen LogP contribution is -2.11. The highest BCUT2D eigenvalue weighted by Gasteiger charge is 2.05. The third-order valence-electron chi connectivity index (χ3n) is 3.15. The minimum Gasteiger partial charge on any atom is -0.308 e. The zero-order chi connectivity index (χ0) is 13.0. The Morgan fingerprint density at radius 3 is 2.56 bits per heavy atom. The molecule has 18 heavy (non-hydrogen) atoms. The molecule has 1 aromatic heterocycles. The van der Waals surface area contributed by atoms with Crippen LogP contribution >= 0.6 is 0 Å². The lowest BCUT2D eigenvalue weighted by atomic mass is 10.0. The molecule has 3 N–H and O–H groups in total. The SMILES string of the molecule is CCCc1ccc2nc(NN)c(CCC)cc2c1. The molecule has 0 saturated carbocycles. The summed E-state index contributed by atoms with van der Waals surface area (Å²) in [6, 6.07) is 8.68. The molecule has 2 aromatic rings. The van der Waals surface area contributed by atoms with Crippen LogP contribution in [-0.4, -0.2) is 4.98 Å². The number of aromatic nitrogens is 1. The molecule has 0 aliphatic carbocycles. The molecule has 0 radical (unpaired) electrons. The molecule has 1 aromatic carbocycles. The molecule has 0 bridgehead atoms. The van der Waals surface area contributed by atoms with Crippen molar-refractivity contribution in [3.05, 3.63) is 35.4 Å². The summed E-state index contributed by atoms with van der Waals surface area (Å²) in [6.45, 7) is 4.37. The summed E-state index contributed by atoms with van der Waals surface area (Å²) in [5.74, 6) is 6.34. The average Bonchev–Trinajstić information content (AvgIpc) is 2.38. The van der Waals surface area contributed by atoms with E-state index >= 15 is 0 Å². The van der Waals surface area contributed by atoms with E-state index in [-0.39, 0.29) is 0 Å². The molecule has 0 amide bonds. The summed E-state index contributed by atoms with van der Waals surface area (Å²) in [5.41, 5.74) is 6.28. The highest BCUT2D eigenvalue weighted by atomic mass is 15.2. The maximum atomic E-state index is 5.54. The van der Waals surface area contributed by atoms with Crippen molar-refractivity contribution in [2.75, 3.05) is 5.43 Å². The highest BCUT2D eigenvalue weighted by Crippen LogP contribution is 2.22. The second-order valence-electron chi connectivity index (χ2n) is 4.67. The van der Waals surface area contributed by atoms with Crippen LogP contribution in [0.5, 0.6) is 0 Å². The van der Waals surface area contributed by atoms with E-state index in [1.807, 2.05) is 0 Å². The topological polar surface area (TPSA) is 50.9 Å². The molecule has 1 heterocycles. The normalized spacial score (nSPS) is 10.8. The number of nitrogen functional groups attached to an aromatic ring is 1. The van der Waals surface area contributed by atoms with Gasteiger partial charge in [0.15, 0.2) is 0 Å². The lowest BCUT2D eigenvalue weighted by Gasteiger charge is -2.10. The molecule has 96 valence electrons. The summed E-state index contributed by atoms with van der Waals surface area (Å²) in [5, 5.41) is 1.21. The van der Waals surface area contributed by atoms with Crippen molar-refractivity contribution in [3.63, 3.8) is 0 Å². The van der Waals surface area contributed by atoms with Gasteiger partial charge in [0.2, 0.25) is 0 Å². The van der Waals surface area contributed by atoms with Crippen molar-refractivity contribution < 1.29 is 0 Å². The minimum absolute atomic E-state index is 0.799. The maximum absolute atomic E-state index is 5.54. The Morgan fingerprint density at radius 2 is 1.89 bits per heavy atom. The number of hydrogen-bond acceptors (Lipinski definition) is 3. The first-order valence-corrected chi connectivity index (χ1v) is 6.67. The highest BCUT2D eigenvalue weighted by molar-refractivity contribution is 5.82. The second kappa shape index (κ2) is 5.83. The van der Waals surface area contributed by atoms with Gasteiger partial charge in [-0.1, -0.05) is 32.8 Å². The number of rotatable bonds is 5. The molecular formula is C15H21N3. The first-order chi connectivity index (χ1) is 8.78. The number of benzene rings is 1. The second-order valence-corrected chi connectivity index (χ2v) is 4.67. The fraction of sp³-hybridized carbons (Fsp3) is 0.400. The van der Waals surface area contributed by atoms with Crippen LogP contribution in [0.4, 0.5) is 5.82 Å². The third kappa shape index (κ3) is 2.62. The van der Waals surface area contributed by atoms with Crippen LogP contribution < -0.4 is 11.3 Å². The van der Waals surface area contributed by atoms with E-state index in [9.17, 15) is 0 Å². The van der Waals surface area contributed by atoms with Gasteiger partial charge in [0, 0.05) is 5.39 Å². The number of hydrogen-bond donors (Lipinski definition) is 2. The van der Waals surface area contributed by atoms with Crippen LogP contribution in [0.1, 0.15) is 37.8 Å². The van der Waals surface area contributed by atoms with Gasteiger partial charge in [-0.25, -0.2) is 10.8 Å². The first kappa shape index (κ1) is 12.8. The number of pyridine rings is 1. The minimum atomic E-state index is 0.799. The van der Waals surface area contributed by atoms with Gasteiger partial charge in [-0.05, 0) is 42.2 Å². The zero-order valence-corrected chi connectivity index (χ0v) is 11.2. The number of hydrazine groups is 1. The summed E-state index contributed by atoms with van der Waals surface area (Å²) < 4.78 is 0. The molecule has 3 heteroatoms. The van der Waals surface area contributed by atoms with Gasteiger partial charge in [0.1, 0.15) is 5.82 Å². The van der Waals surface area contributed by atoms with Crippen LogP contribution in [0.3, 0.4) is 0 Å². The van der Waals surface area contributed by atoms with E-state index < -0.39 is 0 Å². The average molecular weight is 243 g/mol. The lowest BCUT2D eigenvalue weighted by molar-refractivity contribution is 0.914. The van der Waals surface area contributed by atoms with Gasteiger partial charge in [-0.15, -0.1) is 0 Å². The predicted molar refractivity (Wildman–Crippen MR) is 77.5 cm³/mol. The van der Waals surface area contributed by atoms with Gasteiger partial charge in [-0.3, -0.25) is 0 Å². The molecule has 0 fully saturated rings. The number of aryl methyl sites for hydroxylation is 2. The van der Waals surface area contributed by atoms with E-state index in [0.29, 0.717) is 0 Å². The summed E-state index contributed by atoms with van der Waals surface area (Å²) >= 11 is 0. The Labute approximate surface area is 108 Å². The summed E-state index contributed by atoms with van der Waals surface area (Å²) in [7, 11) is 0. The third-order valence-corrected chi connectivity index (χ3v) is 3.15. The van der Waals surface area contributed by atoms with E-state index in [1.165, 1.54) is 22.9 Å². The predicted octanol–water partition coefficient (Wildman–Crippen LogP) is 3.43. The van der Waals surface area contributed by atoms with Gasteiger partial charge in [0.25, 0.3) is 0 Å². The zero-order valence-electron chi connectivity index (χ0n) is 11.2. The Balaban J connectivity index is 2.49.